The Balaban J connectivity index is 1.48. The number of amides is 2. The summed E-state index contributed by atoms with van der Waals surface area (Å²) >= 11 is 2.38. The number of oxime groups is 1. The van der Waals surface area contributed by atoms with E-state index >= 15 is 0 Å². The van der Waals surface area contributed by atoms with E-state index in [1.165, 1.54) is 22.0 Å². The maximum atomic E-state index is 13.2. The molecule has 216 valence electrons. The quantitative estimate of drug-likeness (QED) is 0.0843. The summed E-state index contributed by atoms with van der Waals surface area (Å²) in [5.41, 5.74) is 6.54. The van der Waals surface area contributed by atoms with Gasteiger partial charge in [0.1, 0.15) is 36.0 Å². The number of nitrogens with two attached hydrogens (primary N) is 1. The zero-order valence-electron chi connectivity index (χ0n) is 21.7. The number of fused-ring (bicyclic) bond motifs is 1. The number of thiazole rings is 1. The van der Waals surface area contributed by atoms with Crippen molar-refractivity contribution in [3.63, 3.8) is 0 Å². The van der Waals surface area contributed by atoms with Crippen molar-refractivity contribution in [2.24, 2.45) is 5.16 Å². The first-order chi connectivity index (χ1) is 19.8. The molecule has 2 amide bonds. The summed E-state index contributed by atoms with van der Waals surface area (Å²) in [5.74, 6) is -1.89. The van der Waals surface area contributed by atoms with Gasteiger partial charge in [0.15, 0.2) is 10.8 Å². The summed E-state index contributed by atoms with van der Waals surface area (Å²) in [6, 6.07) is 2.58. The highest BCUT2D eigenvalue weighted by Gasteiger charge is 2.54. The Kier molecular flexibility index (Phi) is 9.91. The molecule has 0 spiro atoms. The molecule has 2 aromatic rings. The predicted molar refractivity (Wildman–Crippen MR) is 149 cm³/mol. The van der Waals surface area contributed by atoms with Gasteiger partial charge in [0, 0.05) is 23.5 Å². The van der Waals surface area contributed by atoms with E-state index in [-0.39, 0.29) is 36.3 Å². The van der Waals surface area contributed by atoms with E-state index in [0.29, 0.717) is 17.7 Å². The van der Waals surface area contributed by atoms with E-state index in [2.05, 4.69) is 20.4 Å². The molecular weight excluding hydrogens is 576 g/mol. The van der Waals surface area contributed by atoms with Crippen LogP contribution in [0.25, 0.3) is 6.08 Å². The summed E-state index contributed by atoms with van der Waals surface area (Å²) in [6.45, 7) is 1.53. The fourth-order valence-electron chi connectivity index (χ4n) is 3.81. The Morgan fingerprint density at radius 1 is 1.24 bits per heavy atom. The number of aromatic nitrogens is 2. The van der Waals surface area contributed by atoms with Crippen LogP contribution in [0.15, 0.2) is 52.4 Å². The normalized spacial score (nSPS) is 18.5. The maximum absolute atomic E-state index is 13.2. The molecule has 41 heavy (non-hydrogen) atoms. The van der Waals surface area contributed by atoms with E-state index < -0.39 is 41.1 Å². The first-order valence-corrected chi connectivity index (χ1v) is 14.2. The Labute approximate surface area is 242 Å². The Morgan fingerprint density at radius 2 is 2.02 bits per heavy atom. The van der Waals surface area contributed by atoms with Crippen LogP contribution in [-0.2, 0) is 28.6 Å². The lowest BCUT2D eigenvalue weighted by Crippen LogP contribution is -2.71. The maximum Gasteiger partial charge on any atom is 0.508 e. The predicted octanol–water partition coefficient (Wildman–Crippen LogP) is 1.77. The molecule has 1 fully saturated rings. The number of hydrogen-bond acceptors (Lipinski definition) is 14. The molecule has 2 aromatic heterocycles. The first-order valence-electron chi connectivity index (χ1n) is 12.3. The van der Waals surface area contributed by atoms with Crippen LogP contribution in [0.5, 0.6) is 0 Å². The number of allylic oxidation sites excluding steroid dienone is 1. The highest BCUT2D eigenvalue weighted by atomic mass is 32.2. The molecule has 2 atom stereocenters. The van der Waals surface area contributed by atoms with Gasteiger partial charge in [-0.3, -0.25) is 19.5 Å². The van der Waals surface area contributed by atoms with Crippen molar-refractivity contribution in [1.82, 2.24) is 20.2 Å². The Morgan fingerprint density at radius 3 is 2.71 bits per heavy atom. The van der Waals surface area contributed by atoms with Gasteiger partial charge in [-0.2, -0.15) is 0 Å². The molecule has 4 heterocycles. The first kappa shape index (κ1) is 29.5. The lowest BCUT2D eigenvalue weighted by atomic mass is 10.0. The van der Waals surface area contributed by atoms with Gasteiger partial charge in [0.25, 0.3) is 11.8 Å². The van der Waals surface area contributed by atoms with Crippen molar-refractivity contribution < 1.29 is 38.6 Å². The van der Waals surface area contributed by atoms with Crippen molar-refractivity contribution in [2.75, 3.05) is 31.3 Å². The summed E-state index contributed by atoms with van der Waals surface area (Å²) in [6.07, 6.45) is 6.46. The van der Waals surface area contributed by atoms with E-state index in [1.54, 1.807) is 30.6 Å². The molecule has 14 nitrogen and oxygen atoms in total. The number of rotatable bonds is 11. The van der Waals surface area contributed by atoms with Crippen LogP contribution >= 0.6 is 23.1 Å². The number of carbonyl (C=O) groups is 4. The molecule has 0 radical (unpaired) electrons. The van der Waals surface area contributed by atoms with Crippen LogP contribution < -0.4 is 11.1 Å². The van der Waals surface area contributed by atoms with Crippen molar-refractivity contribution >= 4 is 64.0 Å². The highest BCUT2D eigenvalue weighted by Crippen LogP contribution is 2.41. The molecule has 0 aliphatic carbocycles. The van der Waals surface area contributed by atoms with Crippen LogP contribution in [0.4, 0.5) is 9.93 Å². The van der Waals surface area contributed by atoms with Crippen LogP contribution in [-0.4, -0.2) is 86.7 Å². The number of hydrogen-bond donors (Lipinski definition) is 3. The summed E-state index contributed by atoms with van der Waals surface area (Å²) < 4.78 is 15.0. The van der Waals surface area contributed by atoms with Gasteiger partial charge in [0.2, 0.25) is 0 Å². The minimum absolute atomic E-state index is 0.00118. The number of β-lactam (4-membered cyclic amide) rings is 1. The van der Waals surface area contributed by atoms with Crippen molar-refractivity contribution in [3.05, 3.63) is 58.5 Å². The third kappa shape index (κ3) is 7.01. The highest BCUT2D eigenvalue weighted by molar-refractivity contribution is 8.00. The Hall–Kier alpha value is -4.44. The smallest absolute Gasteiger partial charge is 0.457 e. The number of carbonyl (C=O) groups excluding carboxylic acids is 4. The second-order valence-electron chi connectivity index (χ2n) is 8.46. The molecule has 16 heteroatoms. The summed E-state index contributed by atoms with van der Waals surface area (Å²) in [5, 5.41) is 15.9. The minimum Gasteiger partial charge on any atom is -0.457 e. The number of pyridine rings is 1. The van der Waals surface area contributed by atoms with Gasteiger partial charge in [0.05, 0.1) is 6.61 Å². The number of nitrogens with zero attached hydrogens (tertiary/aromatic N) is 4. The van der Waals surface area contributed by atoms with E-state index in [0.717, 1.165) is 16.9 Å². The largest absolute Gasteiger partial charge is 0.508 e. The van der Waals surface area contributed by atoms with Gasteiger partial charge < -0.3 is 30.5 Å². The molecule has 0 unspecified atom stereocenters. The molecular formula is C25H26N6O8S2. The summed E-state index contributed by atoms with van der Waals surface area (Å²) in [7, 11) is 0. The molecule has 2 aliphatic rings. The molecule has 0 bridgehead atoms. The van der Waals surface area contributed by atoms with Crippen LogP contribution in [0.2, 0.25) is 0 Å². The standard InChI is InChI=1S/C25H26N6O8S2/c1-2-8-38-25(35)39-10-9-37-23(34)19-15(6-5-14-4-3-7-27-11-14)12-40-22-18(21(33)31(19)22)29-20(32)17(30-36)16-13-41-24(26)28-16/h3-7,11,13,18,22,36H,2,8-10,12H2,1H3,(H2,26,28)(H,29,32)/b6-5-,30-17?/t18-,22+/m1/s1. The van der Waals surface area contributed by atoms with E-state index in [4.69, 9.17) is 19.9 Å². The molecule has 0 aromatic carbocycles. The third-order valence-corrected chi connectivity index (χ3v) is 7.66. The van der Waals surface area contributed by atoms with Gasteiger partial charge >= 0.3 is 12.1 Å². The number of thioether (sulfide) groups is 1. The van der Waals surface area contributed by atoms with Crippen molar-refractivity contribution in [3.8, 4) is 0 Å². The molecule has 2 aliphatic heterocycles. The van der Waals surface area contributed by atoms with Gasteiger partial charge in [-0.05, 0) is 23.6 Å². The zero-order chi connectivity index (χ0) is 29.4. The average molecular weight is 603 g/mol. The van der Waals surface area contributed by atoms with Crippen molar-refractivity contribution in [2.45, 2.75) is 24.8 Å². The topological polar surface area (TPSA) is 196 Å². The molecule has 4 N–H and O–H groups in total. The van der Waals surface area contributed by atoms with Crippen LogP contribution in [0.1, 0.15) is 24.6 Å². The number of nitrogens with one attached hydrogen (secondary N) is 1. The van der Waals surface area contributed by atoms with Crippen LogP contribution in [0, 0.1) is 0 Å². The van der Waals surface area contributed by atoms with Gasteiger partial charge in [-0.15, -0.1) is 23.1 Å². The fourth-order valence-corrected chi connectivity index (χ4v) is 5.67. The SMILES string of the molecule is CCCOC(=O)OCCOC(=O)C1=C(/C=C\c2cccnc2)CS[C@H]2[C@H](NC(=O)C(=NO)c3csc(N)n3)C(=O)N12. The second kappa shape index (κ2) is 13.8. The van der Waals surface area contributed by atoms with Gasteiger partial charge in [-0.1, -0.05) is 30.3 Å². The van der Waals surface area contributed by atoms with Gasteiger partial charge in [-0.25, -0.2) is 14.6 Å². The number of esters is 1. The summed E-state index contributed by atoms with van der Waals surface area (Å²) in [4.78, 5) is 60.0. The number of nitrogen functional groups attached to an aromatic ring is 1. The molecule has 0 saturated carbocycles. The third-order valence-electron chi connectivity index (χ3n) is 5.68. The average Bonchev–Trinajstić information content (AvgIpc) is 3.41. The lowest BCUT2D eigenvalue weighted by molar-refractivity contribution is -0.153. The molecule has 1 saturated heterocycles. The second-order valence-corrected chi connectivity index (χ2v) is 10.5. The lowest BCUT2D eigenvalue weighted by Gasteiger charge is -2.49. The van der Waals surface area contributed by atoms with E-state index in [1.807, 2.05) is 13.0 Å². The Bertz CT molecular complexity index is 1390. The number of anilines is 1. The zero-order valence-corrected chi connectivity index (χ0v) is 23.4. The van der Waals surface area contributed by atoms with Crippen molar-refractivity contribution in [1.29, 1.82) is 0 Å². The fraction of sp³-hybridized carbons (Fsp3) is 0.320. The number of ether oxygens (including phenoxy) is 3. The van der Waals surface area contributed by atoms with E-state index in [9.17, 15) is 24.4 Å². The van der Waals surface area contributed by atoms with Crippen LogP contribution in [0.3, 0.4) is 0 Å². The molecule has 4 rings (SSSR count). The monoisotopic (exact) mass is 602 g/mol. The minimum atomic E-state index is -1.01.